The lowest BCUT2D eigenvalue weighted by atomic mass is 10.1. The smallest absolute Gasteiger partial charge is 0.164 e. The largest absolute Gasteiger partial charge is 0.302 e. The molecule has 0 bridgehead atoms. The van der Waals surface area contributed by atoms with Gasteiger partial charge in [-0.3, -0.25) is 4.79 Å². The summed E-state index contributed by atoms with van der Waals surface area (Å²) in [5, 5.41) is 0. The van der Waals surface area contributed by atoms with Gasteiger partial charge in [-0.1, -0.05) is 42.5 Å². The van der Waals surface area contributed by atoms with E-state index in [2.05, 4.69) is 0 Å². The first-order valence-corrected chi connectivity index (χ1v) is 6.66. The summed E-state index contributed by atoms with van der Waals surface area (Å²) in [6, 6.07) is 15.8. The molecule has 0 aromatic heterocycles. The maximum Gasteiger partial charge on any atom is 0.164 e. The normalized spacial score (nSPS) is 10.8. The lowest BCUT2D eigenvalue weighted by Gasteiger charge is -2.16. The van der Waals surface area contributed by atoms with Crippen molar-refractivity contribution in [1.82, 2.24) is 4.90 Å². The first-order chi connectivity index (χ1) is 9.65. The van der Waals surface area contributed by atoms with Crippen LogP contribution in [0.5, 0.6) is 0 Å². The van der Waals surface area contributed by atoms with E-state index in [0.29, 0.717) is 19.5 Å². The van der Waals surface area contributed by atoms with Gasteiger partial charge in [0.1, 0.15) is 5.82 Å². The van der Waals surface area contributed by atoms with Gasteiger partial charge in [-0.05, 0) is 24.7 Å². The molecule has 0 saturated heterocycles. The van der Waals surface area contributed by atoms with Gasteiger partial charge in [0.05, 0.1) is 0 Å². The van der Waals surface area contributed by atoms with E-state index in [0.717, 1.165) is 11.1 Å². The summed E-state index contributed by atoms with van der Waals surface area (Å²) in [7, 11) is 1.93. The Labute approximate surface area is 118 Å². The van der Waals surface area contributed by atoms with Crippen LogP contribution in [0.25, 0.3) is 0 Å². The highest BCUT2D eigenvalue weighted by molar-refractivity contribution is 5.96. The average Bonchev–Trinajstić information content (AvgIpc) is 2.46. The minimum atomic E-state index is -0.226. The zero-order valence-corrected chi connectivity index (χ0v) is 11.6. The molecule has 20 heavy (non-hydrogen) atoms. The monoisotopic (exact) mass is 271 g/mol. The molecular weight excluding hydrogens is 253 g/mol. The minimum absolute atomic E-state index is 0.136. The fourth-order valence-electron chi connectivity index (χ4n) is 2.09. The highest BCUT2D eigenvalue weighted by Gasteiger charge is 2.07. The van der Waals surface area contributed by atoms with Crippen LogP contribution in [0.15, 0.2) is 54.6 Å². The van der Waals surface area contributed by atoms with Crippen molar-refractivity contribution in [3.63, 3.8) is 0 Å². The van der Waals surface area contributed by atoms with Crippen molar-refractivity contribution < 1.29 is 9.18 Å². The van der Waals surface area contributed by atoms with Crippen LogP contribution in [0.2, 0.25) is 0 Å². The number of ketones is 1. The van der Waals surface area contributed by atoms with Crippen molar-refractivity contribution in [1.29, 1.82) is 0 Å². The van der Waals surface area contributed by atoms with E-state index in [1.165, 1.54) is 12.1 Å². The summed E-state index contributed by atoms with van der Waals surface area (Å²) in [6.45, 7) is 1.30. The Balaban J connectivity index is 1.83. The molecule has 0 heterocycles. The van der Waals surface area contributed by atoms with Gasteiger partial charge in [0.15, 0.2) is 5.78 Å². The van der Waals surface area contributed by atoms with Crippen molar-refractivity contribution in [3.8, 4) is 0 Å². The fraction of sp³-hybridized carbons (Fsp3) is 0.235. The molecule has 2 rings (SSSR count). The van der Waals surface area contributed by atoms with Crippen LogP contribution in [-0.4, -0.2) is 24.3 Å². The van der Waals surface area contributed by atoms with Crippen LogP contribution in [-0.2, 0) is 6.54 Å². The second-order valence-electron chi connectivity index (χ2n) is 4.91. The molecule has 0 saturated carbocycles. The highest BCUT2D eigenvalue weighted by Crippen LogP contribution is 2.08. The third kappa shape index (κ3) is 4.28. The van der Waals surface area contributed by atoms with Crippen LogP contribution in [0.1, 0.15) is 22.3 Å². The van der Waals surface area contributed by atoms with Crippen LogP contribution in [0, 0.1) is 5.82 Å². The Bertz CT molecular complexity index is 568. The summed E-state index contributed by atoms with van der Waals surface area (Å²) >= 11 is 0. The van der Waals surface area contributed by atoms with E-state index in [4.69, 9.17) is 0 Å². The van der Waals surface area contributed by atoms with Gasteiger partial charge in [-0.25, -0.2) is 4.39 Å². The van der Waals surface area contributed by atoms with Gasteiger partial charge in [-0.15, -0.1) is 0 Å². The van der Waals surface area contributed by atoms with Gasteiger partial charge in [0.25, 0.3) is 0 Å². The molecule has 0 unspecified atom stereocenters. The quantitative estimate of drug-likeness (QED) is 0.749. The first kappa shape index (κ1) is 14.4. The van der Waals surface area contributed by atoms with E-state index < -0.39 is 0 Å². The molecule has 0 fully saturated rings. The fourth-order valence-corrected chi connectivity index (χ4v) is 2.09. The summed E-state index contributed by atoms with van der Waals surface area (Å²) in [5.74, 6) is -0.0899. The Hall–Kier alpha value is -2.00. The van der Waals surface area contributed by atoms with E-state index in [9.17, 15) is 9.18 Å². The third-order valence-corrected chi connectivity index (χ3v) is 3.16. The van der Waals surface area contributed by atoms with E-state index >= 15 is 0 Å². The van der Waals surface area contributed by atoms with Crippen molar-refractivity contribution in [2.75, 3.05) is 13.6 Å². The van der Waals surface area contributed by atoms with Crippen LogP contribution in [0.3, 0.4) is 0 Å². The summed E-state index contributed by atoms with van der Waals surface area (Å²) in [6.07, 6.45) is 0.468. The summed E-state index contributed by atoms with van der Waals surface area (Å²) in [4.78, 5) is 14.0. The molecule has 0 aliphatic heterocycles. The van der Waals surface area contributed by atoms with Gasteiger partial charge in [-0.2, -0.15) is 0 Å². The highest BCUT2D eigenvalue weighted by atomic mass is 19.1. The number of carbonyl (C=O) groups is 1. The predicted octanol–water partition coefficient (Wildman–Crippen LogP) is 3.53. The van der Waals surface area contributed by atoms with Crippen molar-refractivity contribution in [2.24, 2.45) is 0 Å². The van der Waals surface area contributed by atoms with Gasteiger partial charge in [0.2, 0.25) is 0 Å². The number of nitrogens with zero attached hydrogens (tertiary/aromatic N) is 1. The maximum atomic E-state index is 13.1. The average molecular weight is 271 g/mol. The Morgan fingerprint density at radius 1 is 1.10 bits per heavy atom. The van der Waals surface area contributed by atoms with Gasteiger partial charge < -0.3 is 4.90 Å². The standard InChI is InChI=1S/C17H18FNO/c1-19(13-14-6-5-9-16(18)12-14)11-10-17(20)15-7-3-2-4-8-15/h2-9,12H,10-11,13H2,1H3. The molecule has 0 N–H and O–H groups in total. The zero-order valence-electron chi connectivity index (χ0n) is 11.6. The first-order valence-electron chi connectivity index (χ1n) is 6.66. The number of carbonyl (C=O) groups excluding carboxylic acids is 1. The number of benzene rings is 2. The molecule has 2 aromatic carbocycles. The predicted molar refractivity (Wildman–Crippen MR) is 78.1 cm³/mol. The lowest BCUT2D eigenvalue weighted by Crippen LogP contribution is -2.21. The van der Waals surface area contributed by atoms with Crippen molar-refractivity contribution in [3.05, 3.63) is 71.5 Å². The minimum Gasteiger partial charge on any atom is -0.302 e. The number of rotatable bonds is 6. The number of halogens is 1. The van der Waals surface area contributed by atoms with E-state index in [-0.39, 0.29) is 11.6 Å². The van der Waals surface area contributed by atoms with Crippen LogP contribution >= 0.6 is 0 Å². The molecular formula is C17H18FNO. The summed E-state index contributed by atoms with van der Waals surface area (Å²) < 4.78 is 13.1. The summed E-state index contributed by atoms with van der Waals surface area (Å²) in [5.41, 5.74) is 1.66. The van der Waals surface area contributed by atoms with E-state index in [1.54, 1.807) is 6.07 Å². The molecule has 0 radical (unpaired) electrons. The molecule has 3 heteroatoms. The third-order valence-electron chi connectivity index (χ3n) is 3.16. The second kappa shape index (κ2) is 6.96. The van der Waals surface area contributed by atoms with Gasteiger partial charge in [0, 0.05) is 25.1 Å². The Kier molecular flexibility index (Phi) is 5.02. The Morgan fingerprint density at radius 3 is 2.55 bits per heavy atom. The number of hydrogen-bond acceptors (Lipinski definition) is 2. The maximum absolute atomic E-state index is 13.1. The topological polar surface area (TPSA) is 20.3 Å². The lowest BCUT2D eigenvalue weighted by molar-refractivity contribution is 0.0968. The SMILES string of the molecule is CN(CCC(=O)c1ccccc1)Cc1cccc(F)c1. The second-order valence-corrected chi connectivity index (χ2v) is 4.91. The molecule has 0 amide bonds. The molecule has 2 nitrogen and oxygen atoms in total. The molecule has 0 aliphatic carbocycles. The van der Waals surface area contributed by atoms with Gasteiger partial charge >= 0.3 is 0 Å². The number of hydrogen-bond donors (Lipinski definition) is 0. The Morgan fingerprint density at radius 2 is 1.85 bits per heavy atom. The zero-order chi connectivity index (χ0) is 14.4. The molecule has 2 aromatic rings. The van der Waals surface area contributed by atoms with Crippen molar-refractivity contribution >= 4 is 5.78 Å². The molecule has 104 valence electrons. The van der Waals surface area contributed by atoms with E-state index in [1.807, 2.05) is 48.3 Å². The van der Waals surface area contributed by atoms with Crippen LogP contribution in [0.4, 0.5) is 4.39 Å². The van der Waals surface area contributed by atoms with Crippen molar-refractivity contribution in [2.45, 2.75) is 13.0 Å². The molecule has 0 spiro atoms. The van der Waals surface area contributed by atoms with Crippen LogP contribution < -0.4 is 0 Å². The molecule has 0 aliphatic rings. The number of Topliss-reactive ketones (excluding diaryl/α,β-unsaturated/α-hetero) is 1. The molecule has 0 atom stereocenters.